The zero-order valence-electron chi connectivity index (χ0n) is 11.0. The predicted octanol–water partition coefficient (Wildman–Crippen LogP) is 4.06. The lowest BCUT2D eigenvalue weighted by Crippen LogP contribution is -2.10. The highest BCUT2D eigenvalue weighted by Gasteiger charge is 2.32. The molecule has 0 spiro atoms. The van der Waals surface area contributed by atoms with Gasteiger partial charge >= 0.3 is 6.18 Å². The van der Waals surface area contributed by atoms with E-state index >= 15 is 0 Å². The smallest absolute Gasteiger partial charge is 0.219 e. The molecule has 7 heteroatoms. The summed E-state index contributed by atoms with van der Waals surface area (Å²) < 4.78 is 39.8. The first kappa shape index (κ1) is 14.8. The second kappa shape index (κ2) is 5.44. The summed E-state index contributed by atoms with van der Waals surface area (Å²) in [6, 6.07) is 3.62. The van der Waals surface area contributed by atoms with Crippen LogP contribution in [0.3, 0.4) is 0 Å². The lowest BCUT2D eigenvalue weighted by atomic mass is 10.2. The van der Waals surface area contributed by atoms with Gasteiger partial charge in [-0.1, -0.05) is 25.4 Å². The van der Waals surface area contributed by atoms with E-state index in [-0.39, 0.29) is 11.0 Å². The van der Waals surface area contributed by atoms with Crippen molar-refractivity contribution in [1.82, 2.24) is 14.8 Å². The molecule has 0 saturated carbocycles. The number of hydrogen-bond donors (Lipinski definition) is 0. The Labute approximate surface area is 119 Å². The van der Waals surface area contributed by atoms with Crippen molar-refractivity contribution < 1.29 is 13.2 Å². The summed E-state index contributed by atoms with van der Waals surface area (Å²) >= 11 is 5.69. The largest absolute Gasteiger partial charge is 0.416 e. The molecule has 0 unspecified atom stereocenters. The number of alkyl halides is 3. The Morgan fingerprint density at radius 3 is 2.40 bits per heavy atom. The molecule has 2 aromatic rings. The summed E-state index contributed by atoms with van der Waals surface area (Å²) in [6.45, 7) is 3.83. The van der Waals surface area contributed by atoms with E-state index in [1.165, 1.54) is 4.68 Å². The van der Waals surface area contributed by atoms with Gasteiger partial charge in [0.2, 0.25) is 0 Å². The van der Waals surface area contributed by atoms with E-state index in [0.29, 0.717) is 12.8 Å². The van der Waals surface area contributed by atoms with Gasteiger partial charge in [-0.25, -0.2) is 9.67 Å². The van der Waals surface area contributed by atoms with Gasteiger partial charge in [0.25, 0.3) is 0 Å². The minimum Gasteiger partial charge on any atom is -0.219 e. The van der Waals surface area contributed by atoms with Crippen LogP contribution in [0.15, 0.2) is 18.2 Å². The van der Waals surface area contributed by atoms with Crippen LogP contribution in [0.2, 0.25) is 5.15 Å². The van der Waals surface area contributed by atoms with Gasteiger partial charge in [-0.05, 0) is 31.0 Å². The van der Waals surface area contributed by atoms with Crippen molar-refractivity contribution in [2.45, 2.75) is 32.9 Å². The van der Waals surface area contributed by atoms with Crippen molar-refractivity contribution in [2.24, 2.45) is 0 Å². The highest BCUT2D eigenvalue weighted by atomic mass is 35.5. The molecule has 0 aliphatic heterocycles. The summed E-state index contributed by atoms with van der Waals surface area (Å²) in [5.41, 5.74) is 0.769. The molecule has 0 fully saturated rings. The Morgan fingerprint density at radius 2 is 1.85 bits per heavy atom. The second-order valence-corrected chi connectivity index (χ2v) is 4.67. The van der Waals surface area contributed by atoms with Crippen LogP contribution in [0.1, 0.15) is 30.8 Å². The predicted molar refractivity (Wildman–Crippen MR) is 70.1 cm³/mol. The summed E-state index contributed by atoms with van der Waals surface area (Å²) in [5, 5.41) is 4.06. The van der Waals surface area contributed by atoms with Gasteiger partial charge < -0.3 is 0 Å². The Bertz CT molecular complexity index is 620. The molecule has 108 valence electrons. The third-order valence-corrected chi connectivity index (χ3v) is 3.08. The van der Waals surface area contributed by atoms with E-state index in [9.17, 15) is 13.2 Å². The number of nitrogens with zero attached hydrogens (tertiary/aromatic N) is 3. The van der Waals surface area contributed by atoms with Crippen molar-refractivity contribution in [3.05, 3.63) is 40.3 Å². The lowest BCUT2D eigenvalue weighted by Gasteiger charge is -2.10. The summed E-state index contributed by atoms with van der Waals surface area (Å²) in [4.78, 5) is 3.94. The third-order valence-electron chi connectivity index (χ3n) is 2.88. The fourth-order valence-corrected chi connectivity index (χ4v) is 2.06. The van der Waals surface area contributed by atoms with Crippen LogP contribution in [0.25, 0.3) is 5.82 Å². The van der Waals surface area contributed by atoms with E-state index in [1.807, 2.05) is 19.9 Å². The van der Waals surface area contributed by atoms with E-state index in [4.69, 9.17) is 11.6 Å². The first-order valence-corrected chi connectivity index (χ1v) is 6.56. The molecular formula is C13H13ClF3N3. The molecule has 0 bridgehead atoms. The Balaban J connectivity index is 2.58. The van der Waals surface area contributed by atoms with Crippen LogP contribution in [-0.4, -0.2) is 14.8 Å². The van der Waals surface area contributed by atoms with Crippen molar-refractivity contribution in [3.8, 4) is 5.82 Å². The van der Waals surface area contributed by atoms with Gasteiger partial charge in [0, 0.05) is 5.69 Å². The average Bonchev–Trinajstić information content (AvgIpc) is 2.80. The maximum Gasteiger partial charge on any atom is 0.416 e. The number of pyridine rings is 1. The molecule has 3 nitrogen and oxygen atoms in total. The Hall–Kier alpha value is -1.56. The van der Waals surface area contributed by atoms with Gasteiger partial charge in [-0.15, -0.1) is 0 Å². The maximum absolute atomic E-state index is 12.8. The molecule has 2 heterocycles. The summed E-state index contributed by atoms with van der Waals surface area (Å²) in [6.07, 6.45) is -3.12. The molecule has 0 saturated heterocycles. The van der Waals surface area contributed by atoms with Gasteiger partial charge in [0.05, 0.1) is 11.3 Å². The maximum atomic E-state index is 12.8. The Kier molecular flexibility index (Phi) is 4.04. The van der Waals surface area contributed by atoms with Crippen molar-refractivity contribution in [2.75, 3.05) is 0 Å². The minimum absolute atomic E-state index is 0.0846. The van der Waals surface area contributed by atoms with Crippen LogP contribution >= 0.6 is 11.6 Å². The minimum atomic E-state index is -4.46. The van der Waals surface area contributed by atoms with Crippen molar-refractivity contribution >= 4 is 11.6 Å². The number of hydrogen-bond acceptors (Lipinski definition) is 2. The molecule has 2 rings (SSSR count). The number of aryl methyl sites for hydroxylation is 2. The van der Waals surface area contributed by atoms with E-state index in [2.05, 4.69) is 10.1 Å². The second-order valence-electron chi connectivity index (χ2n) is 4.28. The highest BCUT2D eigenvalue weighted by molar-refractivity contribution is 6.29. The third kappa shape index (κ3) is 2.95. The van der Waals surface area contributed by atoms with E-state index < -0.39 is 11.7 Å². The standard InChI is InChI=1S/C13H13ClF3N3/c1-3-9-7-10(4-2)20(19-9)12-6-8(13(15,16)17)5-11(14)18-12/h5-7H,3-4H2,1-2H3. The van der Waals surface area contributed by atoms with Crippen LogP contribution in [0.4, 0.5) is 13.2 Å². The van der Waals surface area contributed by atoms with Crippen molar-refractivity contribution in [3.63, 3.8) is 0 Å². The quantitative estimate of drug-likeness (QED) is 0.800. The normalized spacial score (nSPS) is 11.9. The monoisotopic (exact) mass is 303 g/mol. The SMILES string of the molecule is CCc1cc(CC)n(-c2cc(C(F)(F)F)cc(Cl)n2)n1. The lowest BCUT2D eigenvalue weighted by molar-refractivity contribution is -0.137. The van der Waals surface area contributed by atoms with Crippen molar-refractivity contribution in [1.29, 1.82) is 0 Å². The molecule has 2 aromatic heterocycles. The van der Waals surface area contributed by atoms with Gasteiger partial charge in [0.15, 0.2) is 5.82 Å². The molecule has 0 atom stereocenters. The van der Waals surface area contributed by atoms with Gasteiger partial charge in [-0.2, -0.15) is 18.3 Å². The fourth-order valence-electron chi connectivity index (χ4n) is 1.85. The summed E-state index contributed by atoms with van der Waals surface area (Å²) in [7, 11) is 0. The number of halogens is 4. The first-order chi connectivity index (χ1) is 9.35. The molecule has 0 aliphatic carbocycles. The molecule has 0 N–H and O–H groups in total. The van der Waals surface area contributed by atoms with Crippen LogP contribution in [0.5, 0.6) is 0 Å². The highest BCUT2D eigenvalue weighted by Crippen LogP contribution is 2.31. The first-order valence-electron chi connectivity index (χ1n) is 6.18. The van der Waals surface area contributed by atoms with E-state index in [0.717, 1.165) is 23.5 Å². The Morgan fingerprint density at radius 1 is 1.15 bits per heavy atom. The van der Waals surface area contributed by atoms with Crippen LogP contribution in [0, 0.1) is 0 Å². The molecule has 0 amide bonds. The van der Waals surface area contributed by atoms with Crippen LogP contribution in [-0.2, 0) is 19.0 Å². The molecule has 20 heavy (non-hydrogen) atoms. The number of aromatic nitrogens is 3. The van der Waals surface area contributed by atoms with Crippen LogP contribution < -0.4 is 0 Å². The summed E-state index contributed by atoms with van der Waals surface area (Å²) in [5.74, 6) is 0.0846. The fraction of sp³-hybridized carbons (Fsp3) is 0.385. The van der Waals surface area contributed by atoms with E-state index in [1.54, 1.807) is 0 Å². The average molecular weight is 304 g/mol. The molecule has 0 aromatic carbocycles. The van der Waals surface area contributed by atoms with Gasteiger partial charge in [0.1, 0.15) is 5.15 Å². The zero-order valence-corrected chi connectivity index (χ0v) is 11.8. The molecule has 0 radical (unpaired) electrons. The molecular weight excluding hydrogens is 291 g/mol. The topological polar surface area (TPSA) is 30.7 Å². The number of rotatable bonds is 3. The van der Waals surface area contributed by atoms with Gasteiger partial charge in [-0.3, -0.25) is 0 Å². The zero-order chi connectivity index (χ0) is 14.9. The molecule has 0 aliphatic rings.